The second kappa shape index (κ2) is 8.39. The van der Waals surface area contributed by atoms with E-state index in [4.69, 9.17) is 5.73 Å². The Morgan fingerprint density at radius 3 is 2.66 bits per heavy atom. The van der Waals surface area contributed by atoms with Crippen LogP contribution in [0.25, 0.3) is 10.2 Å². The van der Waals surface area contributed by atoms with Gasteiger partial charge >= 0.3 is 0 Å². The molecule has 1 aromatic carbocycles. The Hall–Kier alpha value is -2.64. The third kappa shape index (κ3) is 4.36. The number of carbonyl (C=O) groups is 1. The third-order valence-corrected chi connectivity index (χ3v) is 6.40. The number of nitrogens with two attached hydrogens (primary N) is 1. The lowest BCUT2D eigenvalue weighted by Crippen LogP contribution is -2.54. The number of fused-ring (bicyclic) bond motifs is 1. The van der Waals surface area contributed by atoms with E-state index in [1.807, 2.05) is 12.1 Å². The number of aromatic nitrogens is 1. The van der Waals surface area contributed by atoms with Gasteiger partial charge in [-0.1, -0.05) is 12.1 Å². The molecule has 3 aromatic rings. The predicted octanol–water partition coefficient (Wildman–Crippen LogP) is 3.04. The van der Waals surface area contributed by atoms with Gasteiger partial charge in [-0.2, -0.15) is 0 Å². The number of nitrogens with zero attached hydrogens (tertiary/aromatic N) is 2. The number of rotatable bonds is 5. The summed E-state index contributed by atoms with van der Waals surface area (Å²) in [7, 11) is 0. The average Bonchev–Trinajstić information content (AvgIpc) is 3.05. The van der Waals surface area contributed by atoms with Crippen molar-refractivity contribution in [2.75, 3.05) is 30.3 Å². The number of benzene rings is 1. The van der Waals surface area contributed by atoms with Crippen molar-refractivity contribution in [2.24, 2.45) is 0 Å². The van der Waals surface area contributed by atoms with E-state index in [0.717, 1.165) is 29.7 Å². The normalized spacial score (nSPS) is 19.4. The quantitative estimate of drug-likeness (QED) is 0.603. The van der Waals surface area contributed by atoms with Crippen molar-refractivity contribution in [2.45, 2.75) is 32.4 Å². The molecule has 6 nitrogen and oxygen atoms in total. The fraction of sp³-hybridized carbons (Fsp3) is 0.364. The zero-order valence-electron chi connectivity index (χ0n) is 16.8. The van der Waals surface area contributed by atoms with Crippen LogP contribution in [0.4, 0.5) is 11.4 Å². The molecule has 0 bridgehead atoms. The first-order valence-electron chi connectivity index (χ1n) is 10.0. The van der Waals surface area contributed by atoms with Gasteiger partial charge in [0.05, 0.1) is 5.69 Å². The van der Waals surface area contributed by atoms with E-state index in [1.165, 1.54) is 22.6 Å². The van der Waals surface area contributed by atoms with Gasteiger partial charge in [0.25, 0.3) is 5.91 Å². The molecule has 0 saturated carbocycles. The first kappa shape index (κ1) is 19.7. The number of carbonyl (C=O) groups excluding carboxylic acids is 1. The number of hydrogen-bond donors (Lipinski definition) is 3. The summed E-state index contributed by atoms with van der Waals surface area (Å²) in [6.45, 7) is 7.05. The van der Waals surface area contributed by atoms with Crippen LogP contribution in [0.3, 0.4) is 0 Å². The van der Waals surface area contributed by atoms with Gasteiger partial charge in [0, 0.05) is 49.0 Å². The summed E-state index contributed by atoms with van der Waals surface area (Å²) in [4.78, 5) is 20.6. The highest BCUT2D eigenvalue weighted by Crippen LogP contribution is 2.31. The number of piperazine rings is 1. The molecule has 2 aromatic heterocycles. The van der Waals surface area contributed by atoms with Gasteiger partial charge in [0.2, 0.25) is 0 Å². The molecule has 1 saturated heterocycles. The molecular weight excluding hydrogens is 382 g/mol. The molecular formula is C22H27N5OS. The van der Waals surface area contributed by atoms with E-state index in [1.54, 1.807) is 6.20 Å². The molecule has 1 aliphatic heterocycles. The van der Waals surface area contributed by atoms with Crippen LogP contribution < -0.4 is 21.3 Å². The molecule has 0 aliphatic carbocycles. The van der Waals surface area contributed by atoms with Crippen molar-refractivity contribution in [3.63, 3.8) is 0 Å². The van der Waals surface area contributed by atoms with E-state index in [-0.39, 0.29) is 5.91 Å². The van der Waals surface area contributed by atoms with Gasteiger partial charge in [-0.25, -0.2) is 4.98 Å². The minimum absolute atomic E-state index is 0.133. The highest BCUT2D eigenvalue weighted by molar-refractivity contribution is 7.21. The fourth-order valence-electron chi connectivity index (χ4n) is 3.93. The number of nitrogen functional groups attached to an aromatic ring is 1. The first-order valence-corrected chi connectivity index (χ1v) is 10.8. The molecule has 3 heterocycles. The van der Waals surface area contributed by atoms with E-state index < -0.39 is 0 Å². The highest BCUT2D eigenvalue weighted by atomic mass is 32.1. The van der Waals surface area contributed by atoms with Gasteiger partial charge in [0.1, 0.15) is 9.71 Å². The molecule has 0 spiro atoms. The van der Waals surface area contributed by atoms with Crippen molar-refractivity contribution in [1.29, 1.82) is 0 Å². The summed E-state index contributed by atoms with van der Waals surface area (Å²) in [5.41, 5.74) is 9.10. The van der Waals surface area contributed by atoms with Crippen LogP contribution in [-0.2, 0) is 6.42 Å². The second-order valence-electron chi connectivity index (χ2n) is 7.75. The van der Waals surface area contributed by atoms with Crippen LogP contribution in [0.15, 0.2) is 42.6 Å². The number of pyridine rings is 1. The van der Waals surface area contributed by atoms with Crippen molar-refractivity contribution in [1.82, 2.24) is 15.6 Å². The Morgan fingerprint density at radius 1 is 1.24 bits per heavy atom. The van der Waals surface area contributed by atoms with E-state index >= 15 is 0 Å². The molecule has 2 atom stereocenters. The largest absolute Gasteiger partial charge is 0.397 e. The minimum Gasteiger partial charge on any atom is -0.397 e. The molecule has 4 N–H and O–H groups in total. The SMILES string of the molecule is C[C@@H]1CN(c2ccc(CCNC(=O)c3sc4ncccc4c3N)cc2)C[C@H](C)N1. The van der Waals surface area contributed by atoms with E-state index in [2.05, 4.69) is 58.6 Å². The van der Waals surface area contributed by atoms with Crippen molar-refractivity contribution in [3.05, 3.63) is 53.0 Å². The van der Waals surface area contributed by atoms with E-state index in [9.17, 15) is 4.79 Å². The molecule has 29 heavy (non-hydrogen) atoms. The molecule has 1 fully saturated rings. The number of anilines is 2. The van der Waals surface area contributed by atoms with Crippen molar-refractivity contribution < 1.29 is 4.79 Å². The lowest BCUT2D eigenvalue weighted by atomic mass is 10.1. The molecule has 0 radical (unpaired) electrons. The Kier molecular flexibility index (Phi) is 5.69. The predicted molar refractivity (Wildman–Crippen MR) is 121 cm³/mol. The summed E-state index contributed by atoms with van der Waals surface area (Å²) < 4.78 is 0. The minimum atomic E-state index is -0.133. The summed E-state index contributed by atoms with van der Waals surface area (Å²) in [6.07, 6.45) is 2.49. The molecule has 7 heteroatoms. The maximum absolute atomic E-state index is 12.5. The monoisotopic (exact) mass is 409 g/mol. The van der Waals surface area contributed by atoms with Crippen LogP contribution >= 0.6 is 11.3 Å². The molecule has 1 amide bonds. The third-order valence-electron chi connectivity index (χ3n) is 5.27. The molecule has 4 rings (SSSR count). The fourth-order valence-corrected chi connectivity index (χ4v) is 4.91. The molecule has 1 aliphatic rings. The molecule has 152 valence electrons. The summed E-state index contributed by atoms with van der Waals surface area (Å²) in [5, 5.41) is 7.39. The van der Waals surface area contributed by atoms with Crippen LogP contribution in [0.2, 0.25) is 0 Å². The zero-order chi connectivity index (χ0) is 20.4. The van der Waals surface area contributed by atoms with Gasteiger partial charge in [-0.15, -0.1) is 11.3 Å². The number of nitrogens with one attached hydrogen (secondary N) is 2. The Morgan fingerprint density at radius 2 is 1.97 bits per heavy atom. The van der Waals surface area contributed by atoms with Crippen molar-refractivity contribution in [3.8, 4) is 0 Å². The van der Waals surface area contributed by atoms with Gasteiger partial charge in [-0.3, -0.25) is 4.79 Å². The number of amides is 1. The average molecular weight is 410 g/mol. The topological polar surface area (TPSA) is 83.3 Å². The Bertz CT molecular complexity index is 990. The standard InChI is InChI=1S/C22H27N5OS/c1-14-12-27(13-15(2)26-14)17-7-5-16(6-8-17)9-11-24-21(28)20-19(23)18-4-3-10-25-22(18)29-20/h3-8,10,14-15,26H,9,11-13,23H2,1-2H3,(H,24,28)/t14-,15+. The van der Waals surface area contributed by atoms with Crippen LogP contribution in [0, 0.1) is 0 Å². The first-order chi connectivity index (χ1) is 14.0. The van der Waals surface area contributed by atoms with Crippen molar-refractivity contribution >= 4 is 38.8 Å². The lowest BCUT2D eigenvalue weighted by Gasteiger charge is -2.37. The van der Waals surface area contributed by atoms with Crippen LogP contribution in [0.5, 0.6) is 0 Å². The number of thiophene rings is 1. The van der Waals surface area contributed by atoms with Gasteiger partial charge in [-0.05, 0) is 50.1 Å². The Balaban J connectivity index is 1.33. The Labute approximate surface area is 175 Å². The smallest absolute Gasteiger partial charge is 0.263 e. The summed E-state index contributed by atoms with van der Waals surface area (Å²) >= 11 is 1.34. The second-order valence-corrected chi connectivity index (χ2v) is 8.75. The van der Waals surface area contributed by atoms with Gasteiger partial charge in [0.15, 0.2) is 0 Å². The zero-order valence-corrected chi connectivity index (χ0v) is 17.6. The number of hydrogen-bond acceptors (Lipinski definition) is 6. The van der Waals surface area contributed by atoms with Gasteiger partial charge < -0.3 is 21.3 Å². The summed E-state index contributed by atoms with van der Waals surface area (Å²) in [6, 6.07) is 13.4. The van der Waals surface area contributed by atoms with Crippen LogP contribution in [-0.4, -0.2) is 42.6 Å². The summed E-state index contributed by atoms with van der Waals surface area (Å²) in [5.74, 6) is -0.133. The van der Waals surface area contributed by atoms with E-state index in [0.29, 0.717) is 29.2 Å². The highest BCUT2D eigenvalue weighted by Gasteiger charge is 2.21. The maximum atomic E-state index is 12.5. The maximum Gasteiger partial charge on any atom is 0.263 e. The molecule has 0 unspecified atom stereocenters. The van der Waals surface area contributed by atoms with Crippen LogP contribution in [0.1, 0.15) is 29.1 Å². The lowest BCUT2D eigenvalue weighted by molar-refractivity contribution is 0.0959.